The van der Waals surface area contributed by atoms with Gasteiger partial charge in [0.25, 0.3) is 0 Å². The van der Waals surface area contributed by atoms with Crippen molar-refractivity contribution in [3.05, 3.63) is 42.0 Å². The molecule has 1 saturated carbocycles. The summed E-state index contributed by atoms with van der Waals surface area (Å²) in [5.41, 5.74) is 1.15. The van der Waals surface area contributed by atoms with Gasteiger partial charge in [-0.3, -0.25) is 9.59 Å². The Morgan fingerprint density at radius 1 is 1.00 bits per heavy atom. The van der Waals surface area contributed by atoms with Crippen LogP contribution in [0.4, 0.5) is 0 Å². The summed E-state index contributed by atoms with van der Waals surface area (Å²) in [6.07, 6.45) is 8.97. The molecule has 1 atom stereocenters. The predicted molar refractivity (Wildman–Crippen MR) is 93.3 cm³/mol. The summed E-state index contributed by atoms with van der Waals surface area (Å²) in [7, 11) is 0. The van der Waals surface area contributed by atoms with E-state index in [-0.39, 0.29) is 23.8 Å². The summed E-state index contributed by atoms with van der Waals surface area (Å²) < 4.78 is 0. The molecule has 1 N–H and O–H groups in total. The molecule has 0 aromatic heterocycles. The number of hydrogen-bond donors (Lipinski definition) is 1. The molecule has 1 aromatic carbocycles. The van der Waals surface area contributed by atoms with Crippen molar-refractivity contribution < 1.29 is 14.7 Å². The zero-order valence-corrected chi connectivity index (χ0v) is 13.9. The Labute approximate surface area is 143 Å². The quantitative estimate of drug-likeness (QED) is 0.919. The number of carboxylic acid groups (broad SMARTS) is 1. The molecular weight excluding hydrogens is 302 g/mol. The maximum Gasteiger partial charge on any atom is 0.306 e. The lowest BCUT2D eigenvalue weighted by Gasteiger charge is -2.31. The smallest absolute Gasteiger partial charge is 0.306 e. The molecule has 1 aromatic rings. The number of carboxylic acids is 1. The Balaban J connectivity index is 1.60. The lowest BCUT2D eigenvalue weighted by atomic mass is 9.81. The number of aliphatic carboxylic acids is 1. The van der Waals surface area contributed by atoms with Gasteiger partial charge in [0.1, 0.15) is 0 Å². The van der Waals surface area contributed by atoms with Crippen LogP contribution in [0.1, 0.15) is 44.1 Å². The van der Waals surface area contributed by atoms with E-state index in [1.54, 1.807) is 0 Å². The second-order valence-corrected chi connectivity index (χ2v) is 6.90. The molecule has 24 heavy (non-hydrogen) atoms. The SMILES string of the molecule is O=C(O)C1CCC(C(=O)N2CCC[C@H]2/C=C/c2ccccc2)CC1. The van der Waals surface area contributed by atoms with Crippen molar-refractivity contribution in [3.8, 4) is 0 Å². The van der Waals surface area contributed by atoms with Gasteiger partial charge in [-0.2, -0.15) is 0 Å². The van der Waals surface area contributed by atoms with Crippen molar-refractivity contribution in [2.75, 3.05) is 6.54 Å². The van der Waals surface area contributed by atoms with Gasteiger partial charge in [-0.05, 0) is 44.1 Å². The van der Waals surface area contributed by atoms with Gasteiger partial charge in [0.15, 0.2) is 0 Å². The number of rotatable bonds is 4. The van der Waals surface area contributed by atoms with Crippen LogP contribution in [0.5, 0.6) is 0 Å². The Kier molecular flexibility index (Phi) is 5.34. The molecular formula is C20H25NO3. The first kappa shape index (κ1) is 16.7. The fourth-order valence-corrected chi connectivity index (χ4v) is 3.87. The Morgan fingerprint density at radius 3 is 2.33 bits per heavy atom. The van der Waals surface area contributed by atoms with Crippen molar-refractivity contribution in [2.45, 2.75) is 44.6 Å². The fraction of sp³-hybridized carbons (Fsp3) is 0.500. The third-order valence-electron chi connectivity index (χ3n) is 5.32. The van der Waals surface area contributed by atoms with E-state index < -0.39 is 5.97 Å². The van der Waals surface area contributed by atoms with Gasteiger partial charge in [0, 0.05) is 12.5 Å². The molecule has 0 radical (unpaired) electrons. The van der Waals surface area contributed by atoms with Crippen LogP contribution >= 0.6 is 0 Å². The predicted octanol–water partition coefficient (Wildman–Crippen LogP) is 3.58. The minimum Gasteiger partial charge on any atom is -0.481 e. The van der Waals surface area contributed by atoms with Crippen LogP contribution in [0, 0.1) is 11.8 Å². The molecule has 4 heteroatoms. The Hall–Kier alpha value is -2.10. The standard InChI is InChI=1S/C20H25NO3/c22-19(16-9-11-17(12-10-16)20(23)24)21-14-4-7-18(21)13-8-15-5-2-1-3-6-15/h1-3,5-6,8,13,16-18H,4,7,9-12,14H2,(H,23,24)/b13-8+/t16?,17?,18-/m0/s1. The normalized spacial score (nSPS) is 27.5. The number of carbonyl (C=O) groups is 2. The average Bonchev–Trinajstić information content (AvgIpc) is 3.09. The highest BCUT2D eigenvalue weighted by Crippen LogP contribution is 2.32. The van der Waals surface area contributed by atoms with Gasteiger partial charge < -0.3 is 10.0 Å². The molecule has 128 valence electrons. The van der Waals surface area contributed by atoms with Crippen LogP contribution in [0.3, 0.4) is 0 Å². The van der Waals surface area contributed by atoms with Gasteiger partial charge in [-0.1, -0.05) is 42.5 Å². The molecule has 0 bridgehead atoms. The van der Waals surface area contributed by atoms with Gasteiger partial charge in [-0.25, -0.2) is 0 Å². The van der Waals surface area contributed by atoms with Crippen molar-refractivity contribution in [3.63, 3.8) is 0 Å². The van der Waals surface area contributed by atoms with Crippen molar-refractivity contribution in [1.82, 2.24) is 4.90 Å². The first-order valence-electron chi connectivity index (χ1n) is 8.91. The van der Waals surface area contributed by atoms with E-state index in [0.29, 0.717) is 25.7 Å². The number of hydrogen-bond acceptors (Lipinski definition) is 2. The summed E-state index contributed by atoms with van der Waals surface area (Å²) in [5.74, 6) is -0.752. The van der Waals surface area contributed by atoms with E-state index in [1.165, 1.54) is 0 Å². The summed E-state index contributed by atoms with van der Waals surface area (Å²) in [6, 6.07) is 10.3. The molecule has 1 amide bonds. The van der Waals surface area contributed by atoms with E-state index in [4.69, 9.17) is 5.11 Å². The van der Waals surface area contributed by atoms with Crippen LogP contribution in [0.25, 0.3) is 6.08 Å². The van der Waals surface area contributed by atoms with Gasteiger partial charge in [0.2, 0.25) is 5.91 Å². The second-order valence-electron chi connectivity index (χ2n) is 6.90. The van der Waals surface area contributed by atoms with Crippen LogP contribution in [-0.2, 0) is 9.59 Å². The van der Waals surface area contributed by atoms with Crippen LogP contribution < -0.4 is 0 Å². The highest BCUT2D eigenvalue weighted by atomic mass is 16.4. The van der Waals surface area contributed by atoms with Crippen LogP contribution in [-0.4, -0.2) is 34.5 Å². The Morgan fingerprint density at radius 2 is 1.67 bits per heavy atom. The molecule has 0 spiro atoms. The number of benzene rings is 1. The van der Waals surface area contributed by atoms with E-state index >= 15 is 0 Å². The summed E-state index contributed by atoms with van der Waals surface area (Å²) in [5, 5.41) is 9.09. The van der Waals surface area contributed by atoms with Crippen molar-refractivity contribution in [2.24, 2.45) is 11.8 Å². The van der Waals surface area contributed by atoms with E-state index in [0.717, 1.165) is 24.9 Å². The maximum atomic E-state index is 12.8. The van der Waals surface area contributed by atoms with Crippen LogP contribution in [0.2, 0.25) is 0 Å². The first-order chi connectivity index (χ1) is 11.6. The monoisotopic (exact) mass is 327 g/mol. The van der Waals surface area contributed by atoms with Crippen LogP contribution in [0.15, 0.2) is 36.4 Å². The zero-order chi connectivity index (χ0) is 16.9. The topological polar surface area (TPSA) is 57.6 Å². The van der Waals surface area contributed by atoms with E-state index in [2.05, 4.69) is 24.3 Å². The second kappa shape index (κ2) is 7.65. The molecule has 3 rings (SSSR count). The van der Waals surface area contributed by atoms with Crippen molar-refractivity contribution >= 4 is 18.0 Å². The highest BCUT2D eigenvalue weighted by Gasteiger charge is 2.35. The van der Waals surface area contributed by atoms with Gasteiger partial charge in [0.05, 0.1) is 12.0 Å². The molecule has 1 heterocycles. The highest BCUT2D eigenvalue weighted by molar-refractivity contribution is 5.80. The molecule has 0 unspecified atom stereocenters. The minimum atomic E-state index is -0.717. The molecule has 1 aliphatic carbocycles. The summed E-state index contributed by atoms with van der Waals surface area (Å²) in [4.78, 5) is 25.9. The first-order valence-corrected chi connectivity index (χ1v) is 8.91. The fourth-order valence-electron chi connectivity index (χ4n) is 3.87. The number of likely N-dealkylation sites (tertiary alicyclic amines) is 1. The molecule has 1 aliphatic heterocycles. The average molecular weight is 327 g/mol. The zero-order valence-electron chi connectivity index (χ0n) is 13.9. The summed E-state index contributed by atoms with van der Waals surface area (Å²) >= 11 is 0. The number of amides is 1. The minimum absolute atomic E-state index is 0.00586. The molecule has 2 fully saturated rings. The summed E-state index contributed by atoms with van der Waals surface area (Å²) in [6.45, 7) is 0.821. The van der Waals surface area contributed by atoms with E-state index in [9.17, 15) is 9.59 Å². The Bertz CT molecular complexity index is 603. The largest absolute Gasteiger partial charge is 0.481 e. The lowest BCUT2D eigenvalue weighted by molar-refractivity contribution is -0.145. The van der Waals surface area contributed by atoms with Gasteiger partial charge in [-0.15, -0.1) is 0 Å². The molecule has 4 nitrogen and oxygen atoms in total. The van der Waals surface area contributed by atoms with Gasteiger partial charge >= 0.3 is 5.97 Å². The maximum absolute atomic E-state index is 12.8. The molecule has 2 aliphatic rings. The number of carbonyl (C=O) groups excluding carboxylic acids is 1. The third-order valence-corrected chi connectivity index (χ3v) is 5.32. The molecule has 1 saturated heterocycles. The van der Waals surface area contributed by atoms with Crippen molar-refractivity contribution in [1.29, 1.82) is 0 Å². The van der Waals surface area contributed by atoms with E-state index in [1.807, 2.05) is 23.1 Å². The lowest BCUT2D eigenvalue weighted by Crippen LogP contribution is -2.40. The third kappa shape index (κ3) is 3.86. The number of nitrogens with zero attached hydrogens (tertiary/aromatic N) is 1.